The second kappa shape index (κ2) is 4.15. The molecule has 0 radical (unpaired) electrons. The minimum Gasteiger partial charge on any atom is -0.481 e. The van der Waals surface area contributed by atoms with Crippen molar-refractivity contribution in [3.8, 4) is 0 Å². The van der Waals surface area contributed by atoms with E-state index < -0.39 is 28.8 Å². The number of carbonyl (C=O) groups is 1. The van der Waals surface area contributed by atoms with Crippen molar-refractivity contribution in [1.29, 1.82) is 0 Å². The maximum atomic E-state index is 13.2. The molecule has 0 aliphatic heterocycles. The zero-order chi connectivity index (χ0) is 12.5. The molecule has 0 unspecified atom stereocenters. The van der Waals surface area contributed by atoms with Gasteiger partial charge in [-0.05, 0) is 31.9 Å². The van der Waals surface area contributed by atoms with Crippen LogP contribution in [0.15, 0.2) is 12.1 Å². The van der Waals surface area contributed by atoms with Gasteiger partial charge in [0.1, 0.15) is 0 Å². The van der Waals surface area contributed by atoms with E-state index in [1.54, 1.807) is 0 Å². The topological polar surface area (TPSA) is 37.3 Å². The van der Waals surface area contributed by atoms with E-state index in [4.69, 9.17) is 5.11 Å². The molecule has 0 spiro atoms. The van der Waals surface area contributed by atoms with Crippen molar-refractivity contribution in [1.82, 2.24) is 0 Å². The van der Waals surface area contributed by atoms with Crippen LogP contribution < -0.4 is 0 Å². The van der Waals surface area contributed by atoms with E-state index in [2.05, 4.69) is 0 Å². The van der Waals surface area contributed by atoms with Crippen molar-refractivity contribution in [2.75, 3.05) is 0 Å². The fourth-order valence-corrected chi connectivity index (χ4v) is 1.25. The average molecular weight is 232 g/mol. The zero-order valence-electron chi connectivity index (χ0n) is 8.85. The van der Waals surface area contributed by atoms with E-state index in [0.717, 1.165) is 12.1 Å². The summed E-state index contributed by atoms with van der Waals surface area (Å²) in [5, 5.41) is 8.83. The predicted octanol–water partition coefficient (Wildman–Crippen LogP) is 2.76. The fourth-order valence-electron chi connectivity index (χ4n) is 1.25. The van der Waals surface area contributed by atoms with Gasteiger partial charge < -0.3 is 5.11 Å². The van der Waals surface area contributed by atoms with Gasteiger partial charge in [0.25, 0.3) is 0 Å². The van der Waals surface area contributed by atoms with Crippen LogP contribution in [0, 0.1) is 22.9 Å². The quantitative estimate of drug-likeness (QED) is 0.813. The summed E-state index contributed by atoms with van der Waals surface area (Å²) >= 11 is 0. The minimum atomic E-state index is -1.57. The van der Waals surface area contributed by atoms with Gasteiger partial charge in [0.2, 0.25) is 0 Å². The van der Waals surface area contributed by atoms with Crippen LogP contribution in [-0.2, 0) is 11.2 Å². The molecule has 0 aliphatic rings. The summed E-state index contributed by atoms with van der Waals surface area (Å²) in [6.07, 6.45) is -0.203. The van der Waals surface area contributed by atoms with Crippen molar-refractivity contribution in [2.24, 2.45) is 5.41 Å². The van der Waals surface area contributed by atoms with Crippen molar-refractivity contribution in [3.05, 3.63) is 35.1 Å². The molecule has 0 amide bonds. The maximum Gasteiger partial charge on any atom is 0.309 e. The standard InChI is InChI=1S/C11H11F3O2/c1-11(2,10(15)16)5-6-3-4-7(12)9(14)8(6)13/h3-4H,5H2,1-2H3,(H,15,16). The number of rotatable bonds is 3. The van der Waals surface area contributed by atoms with Crippen LogP contribution in [0.3, 0.4) is 0 Å². The average Bonchev–Trinajstić information content (AvgIpc) is 2.19. The normalized spacial score (nSPS) is 11.6. The van der Waals surface area contributed by atoms with Gasteiger partial charge >= 0.3 is 5.97 Å². The molecule has 1 N–H and O–H groups in total. The number of carboxylic acid groups (broad SMARTS) is 1. The van der Waals surface area contributed by atoms with E-state index in [-0.39, 0.29) is 12.0 Å². The van der Waals surface area contributed by atoms with Crippen LogP contribution in [0.2, 0.25) is 0 Å². The largest absolute Gasteiger partial charge is 0.481 e. The Bertz CT molecular complexity index is 427. The summed E-state index contributed by atoms with van der Waals surface area (Å²) in [5.74, 6) is -5.31. The predicted molar refractivity (Wildman–Crippen MR) is 51.4 cm³/mol. The van der Waals surface area contributed by atoms with Gasteiger partial charge in [-0.1, -0.05) is 6.07 Å². The molecular formula is C11H11F3O2. The SMILES string of the molecule is CC(C)(Cc1ccc(F)c(F)c1F)C(=O)O. The lowest BCUT2D eigenvalue weighted by Crippen LogP contribution is -2.26. The monoisotopic (exact) mass is 232 g/mol. The lowest BCUT2D eigenvalue weighted by atomic mass is 9.86. The summed E-state index contributed by atoms with van der Waals surface area (Å²) in [4.78, 5) is 10.8. The molecule has 1 aromatic rings. The van der Waals surface area contributed by atoms with Crippen molar-refractivity contribution < 1.29 is 23.1 Å². The van der Waals surface area contributed by atoms with Gasteiger partial charge in [-0.3, -0.25) is 4.79 Å². The first-order chi connectivity index (χ1) is 7.25. The molecule has 16 heavy (non-hydrogen) atoms. The Balaban J connectivity index is 3.08. The van der Waals surface area contributed by atoms with E-state index >= 15 is 0 Å². The second-order valence-corrected chi connectivity index (χ2v) is 4.20. The van der Waals surface area contributed by atoms with Crippen LogP contribution in [0.25, 0.3) is 0 Å². The highest BCUT2D eigenvalue weighted by Crippen LogP contribution is 2.25. The van der Waals surface area contributed by atoms with Crippen molar-refractivity contribution in [2.45, 2.75) is 20.3 Å². The fraction of sp³-hybridized carbons (Fsp3) is 0.364. The third-order valence-electron chi connectivity index (χ3n) is 2.33. The lowest BCUT2D eigenvalue weighted by Gasteiger charge is -2.19. The summed E-state index contributed by atoms with van der Waals surface area (Å²) in [5.41, 5.74) is -1.38. The molecular weight excluding hydrogens is 221 g/mol. The van der Waals surface area contributed by atoms with Crippen LogP contribution in [0.1, 0.15) is 19.4 Å². The highest BCUT2D eigenvalue weighted by molar-refractivity contribution is 5.74. The first kappa shape index (κ1) is 12.5. The number of hydrogen-bond donors (Lipinski definition) is 1. The Morgan fingerprint density at radius 3 is 2.31 bits per heavy atom. The Labute approximate surface area is 90.7 Å². The van der Waals surface area contributed by atoms with Gasteiger partial charge in [-0.25, -0.2) is 13.2 Å². The number of aliphatic carboxylic acids is 1. The van der Waals surface area contributed by atoms with Gasteiger partial charge in [-0.2, -0.15) is 0 Å². The third kappa shape index (κ3) is 2.35. The molecule has 5 heteroatoms. The summed E-state index contributed by atoms with van der Waals surface area (Å²) in [7, 11) is 0. The number of halogens is 3. The van der Waals surface area contributed by atoms with Crippen LogP contribution >= 0.6 is 0 Å². The Kier molecular flexibility index (Phi) is 3.26. The highest BCUT2D eigenvalue weighted by Gasteiger charge is 2.29. The smallest absolute Gasteiger partial charge is 0.309 e. The molecule has 0 bridgehead atoms. The van der Waals surface area contributed by atoms with Crippen LogP contribution in [0.4, 0.5) is 13.2 Å². The van der Waals surface area contributed by atoms with Crippen molar-refractivity contribution in [3.63, 3.8) is 0 Å². The second-order valence-electron chi connectivity index (χ2n) is 4.20. The van der Waals surface area contributed by atoms with E-state index in [1.807, 2.05) is 0 Å². The molecule has 2 nitrogen and oxygen atoms in total. The number of benzene rings is 1. The molecule has 88 valence electrons. The Morgan fingerprint density at radius 1 is 1.25 bits per heavy atom. The molecule has 0 saturated heterocycles. The lowest BCUT2D eigenvalue weighted by molar-refractivity contribution is -0.146. The summed E-state index contributed by atoms with van der Waals surface area (Å²) in [6, 6.07) is 1.84. The number of hydrogen-bond acceptors (Lipinski definition) is 1. The molecule has 1 rings (SSSR count). The molecule has 0 saturated carbocycles. The third-order valence-corrected chi connectivity index (χ3v) is 2.33. The molecule has 1 aromatic carbocycles. The van der Waals surface area contributed by atoms with Crippen molar-refractivity contribution >= 4 is 5.97 Å². The molecule has 0 aliphatic carbocycles. The summed E-state index contributed by atoms with van der Waals surface area (Å²) in [6.45, 7) is 2.77. The van der Waals surface area contributed by atoms with E-state index in [9.17, 15) is 18.0 Å². The van der Waals surface area contributed by atoms with Gasteiger partial charge in [0.15, 0.2) is 17.5 Å². The summed E-state index contributed by atoms with van der Waals surface area (Å²) < 4.78 is 38.7. The first-order valence-corrected chi connectivity index (χ1v) is 4.61. The molecule has 0 fully saturated rings. The maximum absolute atomic E-state index is 13.2. The molecule has 0 atom stereocenters. The van der Waals surface area contributed by atoms with E-state index in [0.29, 0.717) is 0 Å². The van der Waals surface area contributed by atoms with Gasteiger partial charge in [-0.15, -0.1) is 0 Å². The first-order valence-electron chi connectivity index (χ1n) is 4.61. The van der Waals surface area contributed by atoms with E-state index in [1.165, 1.54) is 13.8 Å². The zero-order valence-corrected chi connectivity index (χ0v) is 8.85. The highest BCUT2D eigenvalue weighted by atomic mass is 19.2. The number of carboxylic acids is 1. The van der Waals surface area contributed by atoms with Crippen LogP contribution in [-0.4, -0.2) is 11.1 Å². The Morgan fingerprint density at radius 2 is 1.81 bits per heavy atom. The minimum absolute atomic E-state index is 0.147. The van der Waals surface area contributed by atoms with Gasteiger partial charge in [0.05, 0.1) is 5.41 Å². The molecule has 0 aromatic heterocycles. The van der Waals surface area contributed by atoms with Crippen LogP contribution in [0.5, 0.6) is 0 Å². The molecule has 0 heterocycles. The Hall–Kier alpha value is -1.52. The van der Waals surface area contributed by atoms with Gasteiger partial charge in [0, 0.05) is 0 Å².